The molecule has 5 nitrogen and oxygen atoms in total. The Morgan fingerprint density at radius 2 is 1.93 bits per heavy atom. The van der Waals surface area contributed by atoms with Gasteiger partial charge in [0, 0.05) is 11.1 Å². The molecular formula is C22H24N2O3. The fourth-order valence-electron chi connectivity index (χ4n) is 2.78. The molecule has 0 unspecified atom stereocenters. The van der Waals surface area contributed by atoms with Gasteiger partial charge in [0.1, 0.15) is 11.5 Å². The van der Waals surface area contributed by atoms with E-state index in [2.05, 4.69) is 23.8 Å². The van der Waals surface area contributed by atoms with E-state index in [4.69, 9.17) is 4.74 Å². The lowest BCUT2D eigenvalue weighted by molar-refractivity contribution is 0.290. The minimum atomic E-state index is -0.426. The highest BCUT2D eigenvalue weighted by Crippen LogP contribution is 2.31. The number of aromatic amines is 1. The molecular weight excluding hydrogens is 340 g/mol. The van der Waals surface area contributed by atoms with Crippen molar-refractivity contribution in [1.82, 2.24) is 9.97 Å². The molecule has 0 fully saturated rings. The number of nitrogens with one attached hydrogen (secondary N) is 1. The van der Waals surface area contributed by atoms with Crippen molar-refractivity contribution < 1.29 is 9.84 Å². The lowest BCUT2D eigenvalue weighted by atomic mass is 10.0. The standard InChI is InChI=1S/C22H24N2O3/c1-14(2)10-11-27-21-7-5-4-6-17(21)19-13-18(23-22(26)24-19)16-8-9-20(25)15(3)12-16/h4-9,12-14,25H,10-11H2,1-3H3,(H,23,24,26). The van der Waals surface area contributed by atoms with Gasteiger partial charge >= 0.3 is 5.69 Å². The van der Waals surface area contributed by atoms with Gasteiger partial charge in [0.25, 0.3) is 0 Å². The summed E-state index contributed by atoms with van der Waals surface area (Å²) in [6.07, 6.45) is 0.958. The molecule has 2 N–H and O–H groups in total. The van der Waals surface area contributed by atoms with Crippen LogP contribution < -0.4 is 10.4 Å². The Bertz CT molecular complexity index is 993. The van der Waals surface area contributed by atoms with Crippen LogP contribution in [0.2, 0.25) is 0 Å². The molecule has 2 aromatic carbocycles. The highest BCUT2D eigenvalue weighted by Gasteiger charge is 2.11. The van der Waals surface area contributed by atoms with Gasteiger partial charge in [-0.1, -0.05) is 26.0 Å². The second-order valence-corrected chi connectivity index (χ2v) is 7.01. The number of hydrogen-bond acceptors (Lipinski definition) is 4. The van der Waals surface area contributed by atoms with Crippen LogP contribution in [0.4, 0.5) is 0 Å². The Balaban J connectivity index is 1.99. The van der Waals surface area contributed by atoms with Gasteiger partial charge in [-0.05, 0) is 61.2 Å². The van der Waals surface area contributed by atoms with Crippen molar-refractivity contribution in [2.75, 3.05) is 6.61 Å². The number of ether oxygens (including phenoxy) is 1. The Morgan fingerprint density at radius 1 is 1.15 bits per heavy atom. The third-order valence-corrected chi connectivity index (χ3v) is 4.37. The molecule has 0 aliphatic rings. The van der Waals surface area contributed by atoms with Crippen LogP contribution in [0.3, 0.4) is 0 Å². The molecule has 0 aliphatic carbocycles. The maximum Gasteiger partial charge on any atom is 0.345 e. The molecule has 0 saturated carbocycles. The molecule has 0 spiro atoms. The predicted octanol–water partition coefficient (Wildman–Crippen LogP) is 4.54. The Morgan fingerprint density at radius 3 is 2.67 bits per heavy atom. The summed E-state index contributed by atoms with van der Waals surface area (Å²) in [5, 5.41) is 9.73. The molecule has 140 valence electrons. The number of phenols is 1. The van der Waals surface area contributed by atoms with Crippen LogP contribution in [0.25, 0.3) is 22.5 Å². The monoisotopic (exact) mass is 364 g/mol. The first-order chi connectivity index (χ1) is 12.9. The van der Waals surface area contributed by atoms with E-state index in [1.807, 2.05) is 43.3 Å². The molecule has 1 aromatic heterocycles. The van der Waals surface area contributed by atoms with Crippen LogP contribution in [-0.2, 0) is 0 Å². The summed E-state index contributed by atoms with van der Waals surface area (Å²) in [5.41, 5.74) is 3.09. The summed E-state index contributed by atoms with van der Waals surface area (Å²) in [5.74, 6) is 1.50. The number of aromatic nitrogens is 2. The van der Waals surface area contributed by atoms with Gasteiger partial charge < -0.3 is 14.8 Å². The lowest BCUT2D eigenvalue weighted by Gasteiger charge is -2.13. The highest BCUT2D eigenvalue weighted by molar-refractivity contribution is 5.72. The maximum atomic E-state index is 12.2. The van der Waals surface area contributed by atoms with Gasteiger partial charge in [-0.25, -0.2) is 4.79 Å². The van der Waals surface area contributed by atoms with E-state index in [0.29, 0.717) is 23.9 Å². The average molecular weight is 364 g/mol. The van der Waals surface area contributed by atoms with Gasteiger partial charge in [-0.2, -0.15) is 4.98 Å². The number of H-pyrrole nitrogens is 1. The summed E-state index contributed by atoms with van der Waals surface area (Å²) in [4.78, 5) is 19.1. The van der Waals surface area contributed by atoms with Crippen molar-refractivity contribution in [3.63, 3.8) is 0 Å². The SMILES string of the molecule is Cc1cc(-c2cc(-c3ccccc3OCCC(C)C)[nH]c(=O)n2)ccc1O. The molecule has 0 saturated heterocycles. The molecule has 0 radical (unpaired) electrons. The summed E-state index contributed by atoms with van der Waals surface area (Å²) in [6, 6.07) is 14.6. The van der Waals surface area contributed by atoms with Crippen molar-refractivity contribution >= 4 is 0 Å². The first-order valence-electron chi connectivity index (χ1n) is 9.07. The zero-order chi connectivity index (χ0) is 19.4. The summed E-state index contributed by atoms with van der Waals surface area (Å²) in [6.45, 7) is 6.74. The minimum Gasteiger partial charge on any atom is -0.508 e. The number of rotatable bonds is 6. The van der Waals surface area contributed by atoms with E-state index in [0.717, 1.165) is 28.9 Å². The topological polar surface area (TPSA) is 75.2 Å². The fourth-order valence-corrected chi connectivity index (χ4v) is 2.78. The van der Waals surface area contributed by atoms with Crippen molar-refractivity contribution in [3.05, 3.63) is 64.6 Å². The number of benzene rings is 2. The molecule has 0 atom stereocenters. The van der Waals surface area contributed by atoms with E-state index < -0.39 is 5.69 Å². The van der Waals surface area contributed by atoms with Crippen molar-refractivity contribution in [2.24, 2.45) is 5.92 Å². The minimum absolute atomic E-state index is 0.215. The predicted molar refractivity (Wildman–Crippen MR) is 107 cm³/mol. The second-order valence-electron chi connectivity index (χ2n) is 7.01. The molecule has 3 aromatic rings. The number of phenolic OH excluding ortho intramolecular Hbond substituents is 1. The van der Waals surface area contributed by atoms with Crippen LogP contribution in [0.15, 0.2) is 53.3 Å². The number of hydrogen-bond donors (Lipinski definition) is 2. The fraction of sp³-hybridized carbons (Fsp3) is 0.273. The molecule has 0 bridgehead atoms. The molecule has 0 amide bonds. The molecule has 0 aliphatic heterocycles. The normalized spacial score (nSPS) is 11.0. The van der Waals surface area contributed by atoms with Crippen LogP contribution in [0, 0.1) is 12.8 Å². The van der Waals surface area contributed by atoms with E-state index in [9.17, 15) is 9.90 Å². The van der Waals surface area contributed by atoms with Gasteiger partial charge in [-0.3, -0.25) is 0 Å². The van der Waals surface area contributed by atoms with Crippen molar-refractivity contribution in [2.45, 2.75) is 27.2 Å². The second kappa shape index (κ2) is 8.08. The Kier molecular flexibility index (Phi) is 5.60. The van der Waals surface area contributed by atoms with Gasteiger partial charge in [0.05, 0.1) is 18.0 Å². The maximum absolute atomic E-state index is 12.2. The summed E-state index contributed by atoms with van der Waals surface area (Å²) < 4.78 is 5.95. The van der Waals surface area contributed by atoms with Gasteiger partial charge in [0.2, 0.25) is 0 Å². The molecule has 3 rings (SSSR count). The number of nitrogens with zero attached hydrogens (tertiary/aromatic N) is 1. The quantitative estimate of drug-likeness (QED) is 0.673. The summed E-state index contributed by atoms with van der Waals surface area (Å²) in [7, 11) is 0. The van der Waals surface area contributed by atoms with Gasteiger partial charge in [0.15, 0.2) is 0 Å². The largest absolute Gasteiger partial charge is 0.508 e. The number of para-hydroxylation sites is 1. The number of aryl methyl sites for hydroxylation is 1. The third-order valence-electron chi connectivity index (χ3n) is 4.37. The molecule has 5 heteroatoms. The molecule has 1 heterocycles. The zero-order valence-corrected chi connectivity index (χ0v) is 15.8. The third kappa shape index (κ3) is 4.56. The van der Waals surface area contributed by atoms with Gasteiger partial charge in [-0.15, -0.1) is 0 Å². The van der Waals surface area contributed by atoms with Crippen molar-refractivity contribution in [3.8, 4) is 34.0 Å². The number of aromatic hydroxyl groups is 1. The average Bonchev–Trinajstić information content (AvgIpc) is 2.63. The van der Waals surface area contributed by atoms with Crippen LogP contribution in [-0.4, -0.2) is 21.7 Å². The first-order valence-corrected chi connectivity index (χ1v) is 9.07. The first kappa shape index (κ1) is 18.7. The smallest absolute Gasteiger partial charge is 0.345 e. The van der Waals surface area contributed by atoms with E-state index in [1.54, 1.807) is 12.1 Å². The lowest BCUT2D eigenvalue weighted by Crippen LogP contribution is -2.12. The highest BCUT2D eigenvalue weighted by atomic mass is 16.5. The Labute approximate surface area is 158 Å². The van der Waals surface area contributed by atoms with Crippen LogP contribution in [0.1, 0.15) is 25.8 Å². The van der Waals surface area contributed by atoms with E-state index in [1.165, 1.54) is 0 Å². The zero-order valence-electron chi connectivity index (χ0n) is 15.8. The molecule has 27 heavy (non-hydrogen) atoms. The van der Waals surface area contributed by atoms with E-state index >= 15 is 0 Å². The van der Waals surface area contributed by atoms with Crippen molar-refractivity contribution in [1.29, 1.82) is 0 Å². The van der Waals surface area contributed by atoms with E-state index in [-0.39, 0.29) is 5.75 Å². The van der Waals surface area contributed by atoms with Crippen LogP contribution >= 0.6 is 0 Å². The Hall–Kier alpha value is -3.08. The van der Waals surface area contributed by atoms with Crippen LogP contribution in [0.5, 0.6) is 11.5 Å². The summed E-state index contributed by atoms with van der Waals surface area (Å²) >= 11 is 0.